The average molecular weight is 274 g/mol. The Balaban J connectivity index is 1.86. The van der Waals surface area contributed by atoms with Gasteiger partial charge in [0.25, 0.3) is 0 Å². The van der Waals surface area contributed by atoms with Gasteiger partial charge in [0.2, 0.25) is 0 Å². The van der Waals surface area contributed by atoms with Gasteiger partial charge in [-0.1, -0.05) is 24.3 Å². The number of hydrogen-bond acceptors (Lipinski definition) is 3. The van der Waals surface area contributed by atoms with E-state index in [0.29, 0.717) is 6.61 Å². The van der Waals surface area contributed by atoms with Crippen molar-refractivity contribution in [2.45, 2.75) is 6.61 Å². The largest absolute Gasteiger partial charge is 0.497 e. The molecule has 0 saturated carbocycles. The van der Waals surface area contributed by atoms with Gasteiger partial charge in [-0.15, -0.1) is 0 Å². The molecule has 0 aliphatic rings. The fourth-order valence-electron chi connectivity index (χ4n) is 1.75. The Morgan fingerprint density at radius 1 is 1.10 bits per heavy atom. The average Bonchev–Trinajstić information content (AvgIpc) is 2.48. The number of ether oxygens (including phenoxy) is 2. The van der Waals surface area contributed by atoms with Crippen molar-refractivity contribution in [3.8, 4) is 5.75 Å². The summed E-state index contributed by atoms with van der Waals surface area (Å²) in [7, 11) is 1.60. The Morgan fingerprint density at radius 2 is 1.80 bits per heavy atom. The van der Waals surface area contributed by atoms with Gasteiger partial charge in [0.05, 0.1) is 19.3 Å². The lowest BCUT2D eigenvalue weighted by molar-refractivity contribution is 0.0722. The molecule has 0 radical (unpaired) electrons. The van der Waals surface area contributed by atoms with E-state index < -0.39 is 5.82 Å². The minimum Gasteiger partial charge on any atom is -0.497 e. The van der Waals surface area contributed by atoms with Crippen molar-refractivity contribution in [2.24, 2.45) is 0 Å². The van der Waals surface area contributed by atoms with Gasteiger partial charge < -0.3 is 9.47 Å². The monoisotopic (exact) mass is 274 g/mol. The van der Waals surface area contributed by atoms with E-state index >= 15 is 0 Å². The van der Waals surface area contributed by atoms with Crippen LogP contribution in [0.2, 0.25) is 0 Å². The normalized spacial score (nSPS) is 10.3. The molecule has 0 aliphatic heterocycles. The van der Waals surface area contributed by atoms with Gasteiger partial charge in [0.1, 0.15) is 18.2 Å². The smallest absolute Gasteiger partial charge is 0.191 e. The zero-order valence-electron chi connectivity index (χ0n) is 11.1. The van der Waals surface area contributed by atoms with Crippen LogP contribution in [0.4, 0.5) is 4.39 Å². The standard InChI is InChI=1S/C16H15FO3/c1-19-13-8-6-12(7-9-13)10-20-11-16(18)14-4-2-3-5-15(14)17/h2-9H,10-11H2,1H3. The molecule has 0 N–H and O–H groups in total. The highest BCUT2D eigenvalue weighted by Gasteiger charge is 2.10. The summed E-state index contributed by atoms with van der Waals surface area (Å²) in [5.41, 5.74) is 0.981. The van der Waals surface area contributed by atoms with Crippen LogP contribution in [-0.4, -0.2) is 19.5 Å². The van der Waals surface area contributed by atoms with Crippen LogP contribution in [0.15, 0.2) is 48.5 Å². The lowest BCUT2D eigenvalue weighted by Gasteiger charge is -2.06. The van der Waals surface area contributed by atoms with Crippen molar-refractivity contribution in [1.29, 1.82) is 0 Å². The molecule has 0 fully saturated rings. The van der Waals surface area contributed by atoms with Crippen LogP contribution in [0.1, 0.15) is 15.9 Å². The number of carbonyl (C=O) groups is 1. The maximum Gasteiger partial charge on any atom is 0.191 e. The van der Waals surface area contributed by atoms with E-state index in [1.54, 1.807) is 19.2 Å². The summed E-state index contributed by atoms with van der Waals surface area (Å²) in [5.74, 6) is -0.127. The van der Waals surface area contributed by atoms with Crippen molar-refractivity contribution in [3.63, 3.8) is 0 Å². The van der Waals surface area contributed by atoms with Gasteiger partial charge in [0.15, 0.2) is 5.78 Å². The number of halogens is 1. The molecule has 0 aliphatic carbocycles. The SMILES string of the molecule is COc1ccc(COCC(=O)c2ccccc2F)cc1. The van der Waals surface area contributed by atoms with Gasteiger partial charge in [-0.2, -0.15) is 0 Å². The number of rotatable bonds is 6. The molecule has 104 valence electrons. The third kappa shape index (κ3) is 3.65. The summed E-state index contributed by atoms with van der Waals surface area (Å²) in [5, 5.41) is 0. The highest BCUT2D eigenvalue weighted by Crippen LogP contribution is 2.12. The minimum atomic E-state index is -0.523. The molecule has 0 unspecified atom stereocenters. The predicted octanol–water partition coefficient (Wildman–Crippen LogP) is 3.23. The fraction of sp³-hybridized carbons (Fsp3) is 0.188. The van der Waals surface area contributed by atoms with Crippen molar-refractivity contribution < 1.29 is 18.7 Å². The second-order valence-electron chi connectivity index (χ2n) is 4.24. The number of benzene rings is 2. The first-order valence-corrected chi connectivity index (χ1v) is 6.19. The van der Waals surface area contributed by atoms with Crippen molar-refractivity contribution in [1.82, 2.24) is 0 Å². The van der Waals surface area contributed by atoms with Crippen LogP contribution in [-0.2, 0) is 11.3 Å². The van der Waals surface area contributed by atoms with Crippen molar-refractivity contribution >= 4 is 5.78 Å². The van der Waals surface area contributed by atoms with Gasteiger partial charge >= 0.3 is 0 Å². The van der Waals surface area contributed by atoms with Crippen molar-refractivity contribution in [3.05, 3.63) is 65.5 Å². The first-order valence-electron chi connectivity index (χ1n) is 6.19. The van der Waals surface area contributed by atoms with E-state index in [0.717, 1.165) is 11.3 Å². The predicted molar refractivity (Wildman–Crippen MR) is 73.4 cm³/mol. The molecule has 0 bridgehead atoms. The zero-order valence-corrected chi connectivity index (χ0v) is 11.1. The molecule has 20 heavy (non-hydrogen) atoms. The van der Waals surface area contributed by atoms with Crippen LogP contribution >= 0.6 is 0 Å². The molecule has 2 rings (SSSR count). The van der Waals surface area contributed by atoms with Crippen LogP contribution < -0.4 is 4.74 Å². The molecule has 0 atom stereocenters. The molecule has 0 saturated heterocycles. The number of Topliss-reactive ketones (excluding diaryl/α,β-unsaturated/α-hetero) is 1. The second-order valence-corrected chi connectivity index (χ2v) is 4.24. The Bertz CT molecular complexity index is 579. The van der Waals surface area contributed by atoms with Crippen LogP contribution in [0, 0.1) is 5.82 Å². The molecule has 0 aromatic heterocycles. The van der Waals surface area contributed by atoms with E-state index in [4.69, 9.17) is 9.47 Å². The van der Waals surface area contributed by atoms with E-state index in [-0.39, 0.29) is 18.0 Å². The molecule has 3 nitrogen and oxygen atoms in total. The molecule has 2 aromatic carbocycles. The van der Waals surface area contributed by atoms with E-state index in [9.17, 15) is 9.18 Å². The summed E-state index contributed by atoms with van der Waals surface area (Å²) in [6.07, 6.45) is 0. The fourth-order valence-corrected chi connectivity index (χ4v) is 1.75. The second kappa shape index (κ2) is 6.82. The van der Waals surface area contributed by atoms with Gasteiger partial charge in [0, 0.05) is 0 Å². The summed E-state index contributed by atoms with van der Waals surface area (Å²) in [6.45, 7) is 0.150. The third-order valence-corrected chi connectivity index (χ3v) is 2.84. The first-order chi connectivity index (χ1) is 9.70. The van der Waals surface area contributed by atoms with Gasteiger partial charge in [-0.3, -0.25) is 4.79 Å². The molecule has 0 spiro atoms. The Labute approximate surface area is 117 Å². The van der Waals surface area contributed by atoms with Gasteiger partial charge in [-0.25, -0.2) is 4.39 Å². The highest BCUT2D eigenvalue weighted by molar-refractivity contribution is 5.97. The Kier molecular flexibility index (Phi) is 4.85. The molecule has 0 amide bonds. The lowest BCUT2D eigenvalue weighted by atomic mass is 10.1. The molecule has 4 heteroatoms. The number of carbonyl (C=O) groups excluding carboxylic acids is 1. The number of methoxy groups -OCH3 is 1. The summed E-state index contributed by atoms with van der Waals surface area (Å²) in [4.78, 5) is 11.8. The molecule has 0 heterocycles. The van der Waals surface area contributed by atoms with E-state index in [1.165, 1.54) is 12.1 Å². The summed E-state index contributed by atoms with van der Waals surface area (Å²) >= 11 is 0. The maximum absolute atomic E-state index is 13.4. The van der Waals surface area contributed by atoms with E-state index in [1.807, 2.05) is 24.3 Å². The molecular weight excluding hydrogens is 259 g/mol. The lowest BCUT2D eigenvalue weighted by Crippen LogP contribution is -2.10. The van der Waals surface area contributed by atoms with Crippen LogP contribution in [0.5, 0.6) is 5.75 Å². The molecular formula is C16H15FO3. The highest BCUT2D eigenvalue weighted by atomic mass is 19.1. The zero-order chi connectivity index (χ0) is 14.4. The van der Waals surface area contributed by atoms with Gasteiger partial charge in [-0.05, 0) is 29.8 Å². The van der Waals surface area contributed by atoms with Crippen LogP contribution in [0.25, 0.3) is 0 Å². The van der Waals surface area contributed by atoms with Crippen molar-refractivity contribution in [2.75, 3.05) is 13.7 Å². The Morgan fingerprint density at radius 3 is 2.45 bits per heavy atom. The minimum absolute atomic E-state index is 0.0576. The third-order valence-electron chi connectivity index (χ3n) is 2.84. The summed E-state index contributed by atoms with van der Waals surface area (Å²) in [6, 6.07) is 13.2. The first kappa shape index (κ1) is 14.2. The number of ketones is 1. The van der Waals surface area contributed by atoms with Crippen LogP contribution in [0.3, 0.4) is 0 Å². The van der Waals surface area contributed by atoms with E-state index in [2.05, 4.69) is 0 Å². The maximum atomic E-state index is 13.4. The molecule has 2 aromatic rings. The Hall–Kier alpha value is -2.20. The topological polar surface area (TPSA) is 35.5 Å². The summed E-state index contributed by atoms with van der Waals surface area (Å²) < 4.78 is 23.7. The quantitative estimate of drug-likeness (QED) is 0.759. The number of hydrogen-bond donors (Lipinski definition) is 0.